The van der Waals surface area contributed by atoms with Crippen molar-refractivity contribution in [3.63, 3.8) is 0 Å². The number of nitrogens with one attached hydrogen (secondary N) is 1. The predicted octanol–water partition coefficient (Wildman–Crippen LogP) is 0.332. The molecule has 2 aromatic rings. The number of β-lactam (4-membered cyclic amide) rings is 1. The number of carbonyl (C=O) groups excluding carboxylic acids is 3. The Kier molecular flexibility index (Phi) is 9.06. The van der Waals surface area contributed by atoms with E-state index in [1.807, 2.05) is 0 Å². The number of thioether (sulfide) groups is 2. The zero-order valence-electron chi connectivity index (χ0n) is 17.4. The monoisotopic (exact) mass is 547 g/mol. The molecule has 4 N–H and O–H groups in total. The summed E-state index contributed by atoms with van der Waals surface area (Å²) in [5, 5.41) is 16.8. The van der Waals surface area contributed by atoms with Gasteiger partial charge >= 0.3 is 35.5 Å². The molecule has 2 aliphatic heterocycles. The van der Waals surface area contributed by atoms with E-state index < -0.39 is 29.2 Å². The van der Waals surface area contributed by atoms with E-state index in [0.29, 0.717) is 5.57 Å². The van der Waals surface area contributed by atoms with Crippen molar-refractivity contribution in [2.45, 2.75) is 11.4 Å². The first kappa shape index (κ1) is 27.3. The second-order valence-corrected chi connectivity index (χ2v) is 9.81. The van der Waals surface area contributed by atoms with Crippen LogP contribution in [0, 0.1) is 0 Å². The van der Waals surface area contributed by atoms with Crippen molar-refractivity contribution in [1.82, 2.24) is 15.2 Å². The summed E-state index contributed by atoms with van der Waals surface area (Å²) in [6.45, 7) is 0. The van der Waals surface area contributed by atoms with E-state index >= 15 is 0 Å². The van der Waals surface area contributed by atoms with E-state index in [-0.39, 0.29) is 74.2 Å². The standard InChI is InChI=1S/C19H17N5O7S3.Na.H/c1-30-23-11(9-7-34-19(20)21-9)14(25)22-12-15(26)24-13(17(27)28)8(5-32-16(12)24)6-33-18(29)10-3-2-4-31-10;;/h2-4,7,12,16H,5-6H2,1H3,(H2,20,21)(H,22,25)(H,27,28);;/b23-11-;;/t12-,16-;;/m1../s1. The van der Waals surface area contributed by atoms with Gasteiger partial charge in [0.05, 0.1) is 6.26 Å². The van der Waals surface area contributed by atoms with Gasteiger partial charge < -0.3 is 25.4 Å². The molecule has 0 spiro atoms. The van der Waals surface area contributed by atoms with E-state index in [1.165, 1.54) is 36.6 Å². The van der Waals surface area contributed by atoms with Crippen molar-refractivity contribution < 1.29 is 33.5 Å². The first-order chi connectivity index (χ1) is 16.3. The zero-order chi connectivity index (χ0) is 24.4. The van der Waals surface area contributed by atoms with E-state index in [1.54, 1.807) is 6.07 Å². The third-order valence-electron chi connectivity index (χ3n) is 4.80. The molecule has 16 heteroatoms. The third-order valence-corrected chi connectivity index (χ3v) is 7.77. The first-order valence-corrected chi connectivity index (χ1v) is 12.5. The molecular formula is C19H18N5NaO7S3. The number of carbonyl (C=O) groups is 4. The SMILES string of the molecule is CO/N=C(\C(=O)N[C@@H]1C(=O)N2C(C(=O)O)=C(CSC(=O)c3ccco3)CS[C@H]12)c1csc(N)n1.[NaH]. The van der Waals surface area contributed by atoms with Crippen molar-refractivity contribution in [3.05, 3.63) is 46.5 Å². The van der Waals surface area contributed by atoms with E-state index in [0.717, 1.165) is 28.0 Å². The number of furan rings is 1. The summed E-state index contributed by atoms with van der Waals surface area (Å²) in [7, 11) is 1.26. The van der Waals surface area contributed by atoms with E-state index in [4.69, 9.17) is 15.0 Å². The van der Waals surface area contributed by atoms with Crippen LogP contribution >= 0.6 is 34.9 Å². The van der Waals surface area contributed by atoms with Gasteiger partial charge in [-0.15, -0.1) is 23.1 Å². The fourth-order valence-electron chi connectivity index (χ4n) is 3.31. The Hall–Kier alpha value is -2.30. The molecule has 4 rings (SSSR count). The van der Waals surface area contributed by atoms with Gasteiger partial charge in [0, 0.05) is 16.9 Å². The zero-order valence-corrected chi connectivity index (χ0v) is 19.9. The molecule has 0 aromatic carbocycles. The summed E-state index contributed by atoms with van der Waals surface area (Å²) < 4.78 is 5.05. The van der Waals surface area contributed by atoms with Gasteiger partial charge in [0.2, 0.25) is 0 Å². The molecule has 2 atom stereocenters. The molecule has 4 heterocycles. The second-order valence-electron chi connectivity index (χ2n) is 6.87. The van der Waals surface area contributed by atoms with Gasteiger partial charge in [-0.3, -0.25) is 19.3 Å². The summed E-state index contributed by atoms with van der Waals surface area (Å²) in [6.07, 6.45) is 1.37. The Labute approximate surface area is 233 Å². The summed E-state index contributed by atoms with van der Waals surface area (Å²) in [4.78, 5) is 59.6. The van der Waals surface area contributed by atoms with E-state index in [9.17, 15) is 24.3 Å². The fraction of sp³-hybridized carbons (Fsp3) is 0.263. The molecule has 0 bridgehead atoms. The topological polar surface area (TPSA) is 177 Å². The Morgan fingerprint density at radius 1 is 1.46 bits per heavy atom. The van der Waals surface area contributed by atoms with Crippen LogP contribution in [0.5, 0.6) is 0 Å². The maximum absolute atomic E-state index is 12.8. The first-order valence-electron chi connectivity index (χ1n) is 9.55. The molecule has 0 aliphatic carbocycles. The van der Waals surface area contributed by atoms with Crippen LogP contribution in [-0.2, 0) is 19.2 Å². The number of aromatic nitrogens is 1. The molecule has 1 fully saturated rings. The van der Waals surface area contributed by atoms with Crippen molar-refractivity contribution >= 4 is 98.2 Å². The van der Waals surface area contributed by atoms with Gasteiger partial charge in [-0.05, 0) is 17.7 Å². The van der Waals surface area contributed by atoms with E-state index in [2.05, 4.69) is 15.5 Å². The Bertz CT molecular complexity index is 1210. The Morgan fingerprint density at radius 3 is 2.83 bits per heavy atom. The van der Waals surface area contributed by atoms with Gasteiger partial charge in [-0.1, -0.05) is 16.9 Å². The van der Waals surface area contributed by atoms with Crippen LogP contribution in [0.1, 0.15) is 16.2 Å². The summed E-state index contributed by atoms with van der Waals surface area (Å²) in [6, 6.07) is 2.13. The minimum absolute atomic E-state index is 0. The quantitative estimate of drug-likeness (QED) is 0.180. The fourth-order valence-corrected chi connectivity index (χ4v) is 6.14. The predicted molar refractivity (Wildman–Crippen MR) is 132 cm³/mol. The van der Waals surface area contributed by atoms with Gasteiger partial charge in [0.25, 0.3) is 16.9 Å². The molecule has 2 aliphatic rings. The molecule has 0 unspecified atom stereocenters. The van der Waals surface area contributed by atoms with Crippen LogP contribution in [-0.4, -0.2) is 103 Å². The van der Waals surface area contributed by atoms with Crippen molar-refractivity contribution in [2.24, 2.45) is 5.16 Å². The van der Waals surface area contributed by atoms with Gasteiger partial charge in [0.1, 0.15) is 29.9 Å². The number of carboxylic acid groups (broad SMARTS) is 1. The second kappa shape index (κ2) is 11.6. The summed E-state index contributed by atoms with van der Waals surface area (Å²) >= 11 is 3.29. The number of amides is 2. The Balaban J connectivity index is 0.00000342. The van der Waals surface area contributed by atoms with Crippen molar-refractivity contribution in [1.29, 1.82) is 0 Å². The van der Waals surface area contributed by atoms with Crippen LogP contribution < -0.4 is 11.1 Å². The molecular weight excluding hydrogens is 529 g/mol. The molecule has 0 radical (unpaired) electrons. The molecule has 2 aromatic heterocycles. The van der Waals surface area contributed by atoms with Crippen molar-refractivity contribution in [2.75, 3.05) is 24.3 Å². The summed E-state index contributed by atoms with van der Waals surface area (Å²) in [5.41, 5.74) is 5.89. The molecule has 2 amide bonds. The van der Waals surface area contributed by atoms with Gasteiger partial charge in [-0.25, -0.2) is 9.78 Å². The normalized spacial score (nSPS) is 19.4. The number of fused-ring (bicyclic) bond motifs is 1. The molecule has 1 saturated heterocycles. The number of nitrogen functional groups attached to an aromatic ring is 1. The number of nitrogens with zero attached hydrogens (tertiary/aromatic N) is 3. The van der Waals surface area contributed by atoms with Crippen LogP contribution in [0.2, 0.25) is 0 Å². The number of anilines is 1. The van der Waals surface area contributed by atoms with Gasteiger partial charge in [0.15, 0.2) is 16.6 Å². The number of rotatable bonds is 8. The molecule has 0 saturated carbocycles. The molecule has 180 valence electrons. The van der Waals surface area contributed by atoms with Crippen LogP contribution in [0.25, 0.3) is 0 Å². The number of aliphatic carboxylic acids is 1. The number of oxime groups is 1. The Morgan fingerprint density at radius 2 is 2.23 bits per heavy atom. The molecule has 12 nitrogen and oxygen atoms in total. The maximum atomic E-state index is 12.8. The number of hydrogen-bond acceptors (Lipinski definition) is 12. The van der Waals surface area contributed by atoms with Gasteiger partial charge in [-0.2, -0.15) is 0 Å². The average molecular weight is 548 g/mol. The summed E-state index contributed by atoms with van der Waals surface area (Å²) in [5.74, 6) is -2.08. The number of thiazole rings is 1. The van der Waals surface area contributed by atoms with Crippen LogP contribution in [0.15, 0.2) is 44.6 Å². The van der Waals surface area contributed by atoms with Crippen LogP contribution in [0.3, 0.4) is 0 Å². The third kappa shape index (κ3) is 5.59. The number of carboxylic acids is 1. The minimum atomic E-state index is -1.29. The van der Waals surface area contributed by atoms with Crippen molar-refractivity contribution in [3.8, 4) is 0 Å². The van der Waals surface area contributed by atoms with Crippen LogP contribution in [0.4, 0.5) is 5.13 Å². The number of nitrogens with two attached hydrogens (primary N) is 1. The number of hydrogen-bond donors (Lipinski definition) is 3. The molecule has 35 heavy (non-hydrogen) atoms. The average Bonchev–Trinajstić information content (AvgIpc) is 3.50.